The van der Waals surface area contributed by atoms with Gasteiger partial charge in [-0.25, -0.2) is 5.48 Å². The Balaban J connectivity index is 1.06. The van der Waals surface area contributed by atoms with Crippen LogP contribution < -0.4 is 16.1 Å². The van der Waals surface area contributed by atoms with Gasteiger partial charge in [0.05, 0.1) is 25.9 Å². The van der Waals surface area contributed by atoms with Crippen LogP contribution in [0.2, 0.25) is 0 Å². The zero-order valence-electron chi connectivity index (χ0n) is 23.7. The van der Waals surface area contributed by atoms with Crippen LogP contribution in [-0.4, -0.2) is 44.5 Å². The standard InChI is InChI=1S/C32H34N6O5/c39-30(34-26-10-11-29-25(17-26)16-23-8-4-5-9-28(23)29)12-14-38-20-27(35-37-38)19-33-32(41)24(18-31(40)36-42)13-15-43-21-22-6-2-1-3-7-22/h1-11,17,20,24,42H,12-16,18-19,21H2,(H,33,41)(H,34,39)(H,36,40). The minimum Gasteiger partial charge on any atom is -0.377 e. The predicted octanol–water partition coefficient (Wildman–Crippen LogP) is 3.61. The van der Waals surface area contributed by atoms with Crippen molar-refractivity contribution < 1.29 is 24.3 Å². The fraction of sp³-hybridized carbons (Fsp3) is 0.281. The zero-order valence-corrected chi connectivity index (χ0v) is 23.7. The Morgan fingerprint density at radius 2 is 1.74 bits per heavy atom. The molecule has 4 N–H and O–H groups in total. The molecular formula is C32H34N6O5. The molecule has 4 aromatic rings. The molecule has 11 heteroatoms. The first kappa shape index (κ1) is 29.6. The van der Waals surface area contributed by atoms with Crippen molar-refractivity contribution in [3.63, 3.8) is 0 Å². The molecule has 0 saturated carbocycles. The Labute approximate surface area is 249 Å². The van der Waals surface area contributed by atoms with Crippen LogP contribution in [0.4, 0.5) is 5.69 Å². The SMILES string of the molecule is O=C(CC(CCOCc1ccccc1)C(=O)NCc1cn(CCC(=O)Nc2ccc3c(c2)Cc2ccccc2-3)nn1)NO. The number of benzene rings is 3. The fourth-order valence-electron chi connectivity index (χ4n) is 5.10. The number of nitrogens with zero attached hydrogens (tertiary/aromatic N) is 3. The van der Waals surface area contributed by atoms with Gasteiger partial charge in [-0.05, 0) is 52.8 Å². The molecule has 0 saturated heterocycles. The second-order valence-electron chi connectivity index (χ2n) is 10.5. The van der Waals surface area contributed by atoms with E-state index in [1.54, 1.807) is 16.4 Å². The first-order chi connectivity index (χ1) is 21.0. The second kappa shape index (κ2) is 14.3. The summed E-state index contributed by atoms with van der Waals surface area (Å²) in [5, 5.41) is 22.8. The quantitative estimate of drug-likeness (QED) is 0.0888. The average Bonchev–Trinajstić information content (AvgIpc) is 3.64. The third-order valence-corrected chi connectivity index (χ3v) is 7.32. The van der Waals surface area contributed by atoms with E-state index in [0.29, 0.717) is 25.3 Å². The highest BCUT2D eigenvalue weighted by atomic mass is 16.5. The first-order valence-electron chi connectivity index (χ1n) is 14.2. The lowest BCUT2D eigenvalue weighted by molar-refractivity contribution is -0.135. The summed E-state index contributed by atoms with van der Waals surface area (Å²) >= 11 is 0. The number of hydroxylamine groups is 1. The fourth-order valence-corrected chi connectivity index (χ4v) is 5.10. The largest absolute Gasteiger partial charge is 0.377 e. The van der Waals surface area contributed by atoms with Gasteiger partial charge in [-0.3, -0.25) is 24.3 Å². The van der Waals surface area contributed by atoms with Gasteiger partial charge in [-0.15, -0.1) is 5.10 Å². The van der Waals surface area contributed by atoms with Gasteiger partial charge in [0.1, 0.15) is 5.69 Å². The molecule has 1 aliphatic rings. The van der Waals surface area contributed by atoms with Gasteiger partial charge in [-0.1, -0.05) is 65.9 Å². The van der Waals surface area contributed by atoms with Crippen molar-refractivity contribution in [3.05, 3.63) is 101 Å². The maximum absolute atomic E-state index is 12.8. The summed E-state index contributed by atoms with van der Waals surface area (Å²) in [5.41, 5.74) is 8.79. The van der Waals surface area contributed by atoms with Crippen LogP contribution in [0.5, 0.6) is 0 Å². The van der Waals surface area contributed by atoms with Crippen molar-refractivity contribution in [2.75, 3.05) is 11.9 Å². The molecule has 5 rings (SSSR count). The van der Waals surface area contributed by atoms with E-state index in [1.807, 2.05) is 60.7 Å². The number of aromatic nitrogens is 3. The number of amides is 3. The molecule has 11 nitrogen and oxygen atoms in total. The Kier molecular flexibility index (Phi) is 9.88. The van der Waals surface area contributed by atoms with Crippen molar-refractivity contribution in [1.29, 1.82) is 0 Å². The summed E-state index contributed by atoms with van der Waals surface area (Å²) in [6.07, 6.45) is 2.83. The van der Waals surface area contributed by atoms with Gasteiger partial charge in [-0.2, -0.15) is 0 Å². The second-order valence-corrected chi connectivity index (χ2v) is 10.5. The van der Waals surface area contributed by atoms with Gasteiger partial charge in [0, 0.05) is 31.1 Å². The van der Waals surface area contributed by atoms with E-state index in [4.69, 9.17) is 9.94 Å². The number of ether oxygens (including phenoxy) is 1. The normalized spacial score (nSPS) is 12.2. The molecule has 0 spiro atoms. The smallest absolute Gasteiger partial charge is 0.244 e. The lowest BCUT2D eigenvalue weighted by Crippen LogP contribution is -2.34. The maximum atomic E-state index is 12.8. The number of hydrogen-bond acceptors (Lipinski definition) is 7. The van der Waals surface area contributed by atoms with Gasteiger partial charge in [0.15, 0.2) is 0 Å². The lowest BCUT2D eigenvalue weighted by Gasteiger charge is -2.15. The molecule has 1 aliphatic carbocycles. The minimum atomic E-state index is -0.699. The van der Waals surface area contributed by atoms with E-state index in [0.717, 1.165) is 17.7 Å². The number of nitrogens with one attached hydrogen (secondary N) is 3. The van der Waals surface area contributed by atoms with Crippen LogP contribution >= 0.6 is 0 Å². The van der Waals surface area contributed by atoms with Gasteiger partial charge >= 0.3 is 0 Å². The summed E-state index contributed by atoms with van der Waals surface area (Å²) in [4.78, 5) is 37.2. The zero-order chi connectivity index (χ0) is 30.0. The van der Waals surface area contributed by atoms with Gasteiger partial charge in [0.2, 0.25) is 17.7 Å². The van der Waals surface area contributed by atoms with Crippen LogP contribution in [0.3, 0.4) is 0 Å². The van der Waals surface area contributed by atoms with Crippen LogP contribution in [0.15, 0.2) is 79.0 Å². The number of fused-ring (bicyclic) bond motifs is 3. The highest BCUT2D eigenvalue weighted by Crippen LogP contribution is 2.37. The first-order valence-corrected chi connectivity index (χ1v) is 14.2. The molecular weight excluding hydrogens is 548 g/mol. The molecule has 222 valence electrons. The summed E-state index contributed by atoms with van der Waals surface area (Å²) in [7, 11) is 0. The van der Waals surface area contributed by atoms with E-state index in [2.05, 4.69) is 33.1 Å². The molecule has 1 unspecified atom stereocenters. The third kappa shape index (κ3) is 8.12. The molecule has 1 aromatic heterocycles. The maximum Gasteiger partial charge on any atom is 0.244 e. The summed E-state index contributed by atoms with van der Waals surface area (Å²) in [5.74, 6) is -1.86. The Hall–Kier alpha value is -4.87. The van der Waals surface area contributed by atoms with Crippen LogP contribution in [-0.2, 0) is 45.2 Å². The molecule has 0 bridgehead atoms. The van der Waals surface area contributed by atoms with Crippen molar-refractivity contribution >= 4 is 23.4 Å². The summed E-state index contributed by atoms with van der Waals surface area (Å²) < 4.78 is 7.22. The van der Waals surface area contributed by atoms with Crippen molar-refractivity contribution in [2.24, 2.45) is 5.92 Å². The molecule has 0 aliphatic heterocycles. The molecule has 1 atom stereocenters. The van der Waals surface area contributed by atoms with Gasteiger partial charge < -0.3 is 15.4 Å². The molecule has 1 heterocycles. The number of hydrogen-bond donors (Lipinski definition) is 4. The minimum absolute atomic E-state index is 0.102. The number of carbonyl (C=O) groups is 3. The topological polar surface area (TPSA) is 147 Å². The van der Waals surface area contributed by atoms with Crippen LogP contribution in [0, 0.1) is 5.92 Å². The molecule has 3 aromatic carbocycles. The third-order valence-electron chi connectivity index (χ3n) is 7.32. The average molecular weight is 583 g/mol. The van der Waals surface area contributed by atoms with Gasteiger partial charge in [0.25, 0.3) is 0 Å². The lowest BCUT2D eigenvalue weighted by atomic mass is 10.0. The van der Waals surface area contributed by atoms with E-state index < -0.39 is 11.8 Å². The van der Waals surface area contributed by atoms with Crippen LogP contribution in [0.1, 0.15) is 41.6 Å². The number of anilines is 1. The molecule has 0 radical (unpaired) electrons. The highest BCUT2D eigenvalue weighted by molar-refractivity contribution is 5.91. The Bertz CT molecular complexity index is 1570. The molecule has 3 amide bonds. The number of carbonyl (C=O) groups excluding carboxylic acids is 3. The number of aryl methyl sites for hydroxylation is 1. The van der Waals surface area contributed by atoms with E-state index in [9.17, 15) is 14.4 Å². The monoisotopic (exact) mass is 582 g/mol. The van der Waals surface area contributed by atoms with E-state index in [1.165, 1.54) is 22.3 Å². The summed E-state index contributed by atoms with van der Waals surface area (Å²) in [6.45, 7) is 1.08. The highest BCUT2D eigenvalue weighted by Gasteiger charge is 2.22. The molecule has 0 fully saturated rings. The van der Waals surface area contributed by atoms with E-state index >= 15 is 0 Å². The Morgan fingerprint density at radius 3 is 2.58 bits per heavy atom. The van der Waals surface area contributed by atoms with Crippen LogP contribution in [0.25, 0.3) is 11.1 Å². The Morgan fingerprint density at radius 1 is 0.953 bits per heavy atom. The predicted molar refractivity (Wildman–Crippen MR) is 159 cm³/mol. The van der Waals surface area contributed by atoms with Crippen molar-refractivity contribution in [1.82, 2.24) is 25.8 Å². The summed E-state index contributed by atoms with van der Waals surface area (Å²) in [6, 6.07) is 23.9. The van der Waals surface area contributed by atoms with E-state index in [-0.39, 0.29) is 37.8 Å². The van der Waals surface area contributed by atoms with Crippen molar-refractivity contribution in [2.45, 2.75) is 45.4 Å². The molecule has 43 heavy (non-hydrogen) atoms. The van der Waals surface area contributed by atoms with Crippen molar-refractivity contribution in [3.8, 4) is 11.1 Å². The number of rotatable bonds is 14.